The Morgan fingerprint density at radius 3 is 2.60 bits per heavy atom. The average molecular weight is 564 g/mol. The van der Waals surface area contributed by atoms with Crippen molar-refractivity contribution < 1.29 is 9.53 Å². The molecule has 1 N–H and O–H groups in total. The highest BCUT2D eigenvalue weighted by molar-refractivity contribution is 6.07. The van der Waals surface area contributed by atoms with Crippen LogP contribution in [-0.4, -0.2) is 69.9 Å². The molecule has 2 aromatic heterocycles. The molecule has 0 spiro atoms. The van der Waals surface area contributed by atoms with E-state index in [1.165, 1.54) is 5.56 Å². The van der Waals surface area contributed by atoms with Crippen molar-refractivity contribution in [2.24, 2.45) is 5.92 Å². The van der Waals surface area contributed by atoms with Gasteiger partial charge < -0.3 is 14.6 Å². The van der Waals surface area contributed by atoms with E-state index in [-0.39, 0.29) is 29.9 Å². The van der Waals surface area contributed by atoms with Crippen molar-refractivity contribution in [2.75, 3.05) is 39.4 Å². The largest absolute Gasteiger partial charge is 0.381 e. The van der Waals surface area contributed by atoms with Crippen LogP contribution in [-0.2, 0) is 11.3 Å². The first-order chi connectivity index (χ1) is 19.0. The van der Waals surface area contributed by atoms with E-state index in [9.17, 15) is 9.59 Å². The number of H-pyrrole nitrogens is 1. The summed E-state index contributed by atoms with van der Waals surface area (Å²) in [5.74, 6) is 0.572. The number of nitrogens with zero attached hydrogens (tertiary/aromatic N) is 4. The summed E-state index contributed by atoms with van der Waals surface area (Å²) in [4.78, 5) is 34.1. The van der Waals surface area contributed by atoms with E-state index in [2.05, 4.69) is 34.1 Å². The van der Waals surface area contributed by atoms with Gasteiger partial charge in [-0.1, -0.05) is 30.3 Å². The first-order valence-corrected chi connectivity index (χ1v) is 14.2. The number of likely N-dealkylation sites (tertiary alicyclic amines) is 2. The van der Waals surface area contributed by atoms with Gasteiger partial charge in [0.1, 0.15) is 0 Å². The molecule has 2 saturated heterocycles. The number of hydrogen-bond donors (Lipinski definition) is 1. The minimum atomic E-state index is -0.141. The van der Waals surface area contributed by atoms with E-state index in [1.807, 2.05) is 41.6 Å². The highest BCUT2D eigenvalue weighted by atomic mass is 35.5. The summed E-state index contributed by atoms with van der Waals surface area (Å²) in [5.41, 5.74) is 4.30. The average Bonchev–Trinajstić information content (AvgIpc) is 3.60. The second kappa shape index (κ2) is 12.1. The summed E-state index contributed by atoms with van der Waals surface area (Å²) in [6.07, 6.45) is 4.57. The summed E-state index contributed by atoms with van der Waals surface area (Å²) < 4.78 is 7.64. The molecule has 4 aromatic rings. The maximum Gasteiger partial charge on any atom is 0.259 e. The predicted octanol–water partition coefficient (Wildman–Crippen LogP) is 4.94. The zero-order valence-corrected chi connectivity index (χ0v) is 24.1. The molecule has 2 fully saturated rings. The number of amides is 1. The molecule has 9 heteroatoms. The molecule has 4 heterocycles. The number of piperidine rings is 1. The number of halogens is 1. The fraction of sp³-hybridized carbons (Fsp3) is 0.452. The van der Waals surface area contributed by atoms with E-state index in [4.69, 9.17) is 9.84 Å². The molecule has 1 unspecified atom stereocenters. The molecule has 8 nitrogen and oxygen atoms in total. The molecule has 1 amide bonds. The number of pyridine rings is 1. The molecule has 0 bridgehead atoms. The molecule has 0 radical (unpaired) electrons. The lowest BCUT2D eigenvalue weighted by Gasteiger charge is -2.32. The SMILES string of the molecule is CCOCC1CCN(C(=O)c2cc3c(cc2C)[nH]c(=O)c2cnn(C4CCN(Cc5ccccc5)C4)c23)CC1.Cl. The lowest BCUT2D eigenvalue weighted by atomic mass is 9.96. The minimum absolute atomic E-state index is 0. The summed E-state index contributed by atoms with van der Waals surface area (Å²) in [5, 5.41) is 6.16. The summed E-state index contributed by atoms with van der Waals surface area (Å²) in [6, 6.07) is 14.6. The summed E-state index contributed by atoms with van der Waals surface area (Å²) in [7, 11) is 0. The summed E-state index contributed by atoms with van der Waals surface area (Å²) in [6.45, 7) is 9.70. The van der Waals surface area contributed by atoms with Gasteiger partial charge >= 0.3 is 0 Å². The molecule has 2 aliphatic rings. The Kier molecular flexibility index (Phi) is 8.59. The second-order valence-electron chi connectivity index (χ2n) is 11.1. The van der Waals surface area contributed by atoms with Crippen molar-refractivity contribution >= 4 is 40.1 Å². The fourth-order valence-electron chi connectivity index (χ4n) is 6.26. The third kappa shape index (κ3) is 5.53. The number of benzene rings is 2. The van der Waals surface area contributed by atoms with Crippen LogP contribution in [0.25, 0.3) is 21.8 Å². The van der Waals surface area contributed by atoms with E-state index in [1.54, 1.807) is 6.20 Å². The Balaban J connectivity index is 0.00000323. The third-order valence-corrected chi connectivity index (χ3v) is 8.44. The van der Waals surface area contributed by atoms with Gasteiger partial charge in [0.25, 0.3) is 11.5 Å². The van der Waals surface area contributed by atoms with Crippen molar-refractivity contribution in [1.82, 2.24) is 24.6 Å². The van der Waals surface area contributed by atoms with Gasteiger partial charge in [0.15, 0.2) is 0 Å². The Morgan fingerprint density at radius 2 is 1.85 bits per heavy atom. The first kappa shape index (κ1) is 28.3. The van der Waals surface area contributed by atoms with Crippen LogP contribution in [0.3, 0.4) is 0 Å². The standard InChI is InChI=1S/C31H37N5O3.ClH/c1-3-39-20-23-9-13-35(14-10-23)31(38)25-16-26-28(15-21(25)2)33-30(37)27-17-32-36(29(26)27)24-11-12-34(19-24)18-22-7-5-4-6-8-22;/h4-8,15-17,23-24H,3,9-14,18-20H2,1-2H3,(H,33,37);1H. The molecule has 2 aliphatic heterocycles. The van der Waals surface area contributed by atoms with Gasteiger partial charge in [0.05, 0.1) is 28.7 Å². The van der Waals surface area contributed by atoms with Crippen LogP contribution < -0.4 is 5.56 Å². The highest BCUT2D eigenvalue weighted by Crippen LogP contribution is 2.31. The molecular weight excluding hydrogens is 526 g/mol. The van der Waals surface area contributed by atoms with E-state index in [0.717, 1.165) is 87.2 Å². The number of carbonyl (C=O) groups is 1. The van der Waals surface area contributed by atoms with Crippen LogP contribution in [0.2, 0.25) is 0 Å². The lowest BCUT2D eigenvalue weighted by Crippen LogP contribution is -2.39. The minimum Gasteiger partial charge on any atom is -0.381 e. The molecule has 2 aromatic carbocycles. The predicted molar refractivity (Wildman–Crippen MR) is 160 cm³/mol. The van der Waals surface area contributed by atoms with Crippen LogP contribution in [0, 0.1) is 12.8 Å². The van der Waals surface area contributed by atoms with Crippen molar-refractivity contribution in [2.45, 2.75) is 45.7 Å². The topological polar surface area (TPSA) is 83.5 Å². The van der Waals surface area contributed by atoms with Gasteiger partial charge in [0, 0.05) is 56.9 Å². The first-order valence-electron chi connectivity index (χ1n) is 14.2. The van der Waals surface area contributed by atoms with Crippen molar-refractivity contribution in [3.8, 4) is 0 Å². The zero-order chi connectivity index (χ0) is 26.9. The van der Waals surface area contributed by atoms with Crippen molar-refractivity contribution in [1.29, 1.82) is 0 Å². The van der Waals surface area contributed by atoms with Crippen molar-refractivity contribution in [3.05, 3.63) is 75.7 Å². The molecule has 6 rings (SSSR count). The zero-order valence-electron chi connectivity index (χ0n) is 23.3. The second-order valence-corrected chi connectivity index (χ2v) is 11.1. The highest BCUT2D eigenvalue weighted by Gasteiger charge is 2.28. The van der Waals surface area contributed by atoms with Crippen LogP contribution in [0.1, 0.15) is 53.7 Å². The Labute approximate surface area is 240 Å². The van der Waals surface area contributed by atoms with Gasteiger partial charge in [-0.25, -0.2) is 0 Å². The van der Waals surface area contributed by atoms with Crippen LogP contribution in [0.15, 0.2) is 53.5 Å². The number of aryl methyl sites for hydroxylation is 1. The number of carbonyl (C=O) groups excluding carboxylic acids is 1. The number of rotatable bonds is 7. The molecule has 1 atom stereocenters. The number of fused-ring (bicyclic) bond motifs is 3. The number of aromatic amines is 1. The maximum absolute atomic E-state index is 13.7. The summed E-state index contributed by atoms with van der Waals surface area (Å²) >= 11 is 0. The van der Waals surface area contributed by atoms with Crippen molar-refractivity contribution in [3.63, 3.8) is 0 Å². The monoisotopic (exact) mass is 563 g/mol. The van der Waals surface area contributed by atoms with Gasteiger partial charge in [-0.3, -0.25) is 19.2 Å². The smallest absolute Gasteiger partial charge is 0.259 e. The van der Waals surface area contributed by atoms with E-state index < -0.39 is 0 Å². The van der Waals surface area contributed by atoms with E-state index in [0.29, 0.717) is 16.9 Å². The molecule has 40 heavy (non-hydrogen) atoms. The lowest BCUT2D eigenvalue weighted by molar-refractivity contribution is 0.0551. The quantitative estimate of drug-likeness (QED) is 0.344. The fourth-order valence-corrected chi connectivity index (χ4v) is 6.26. The third-order valence-electron chi connectivity index (χ3n) is 8.44. The Bertz CT molecular complexity index is 1540. The number of hydrogen-bond acceptors (Lipinski definition) is 5. The molecule has 0 saturated carbocycles. The molecule has 0 aliphatic carbocycles. The maximum atomic E-state index is 13.7. The van der Waals surface area contributed by atoms with Crippen LogP contribution >= 0.6 is 12.4 Å². The van der Waals surface area contributed by atoms with Gasteiger partial charge in [0.2, 0.25) is 0 Å². The van der Waals surface area contributed by atoms with Gasteiger partial charge in [-0.05, 0) is 62.3 Å². The van der Waals surface area contributed by atoms with Gasteiger partial charge in [-0.15, -0.1) is 12.4 Å². The van der Waals surface area contributed by atoms with E-state index >= 15 is 0 Å². The van der Waals surface area contributed by atoms with Gasteiger partial charge in [-0.2, -0.15) is 5.10 Å². The molecular formula is C31H38ClN5O3. The van der Waals surface area contributed by atoms with Crippen LogP contribution in [0.5, 0.6) is 0 Å². The number of nitrogens with one attached hydrogen (secondary N) is 1. The number of aromatic nitrogens is 3. The van der Waals surface area contributed by atoms with Crippen LogP contribution in [0.4, 0.5) is 0 Å². The molecule has 212 valence electrons. The normalized spacial score (nSPS) is 18.4. The number of ether oxygens (including phenoxy) is 1. The Hall–Kier alpha value is -3.20. The Morgan fingerprint density at radius 1 is 1.07 bits per heavy atom.